The summed E-state index contributed by atoms with van der Waals surface area (Å²) in [5.74, 6) is -0.276. The van der Waals surface area contributed by atoms with E-state index in [0.29, 0.717) is 22.6 Å². The molecular formula is C26H21N3O5S. The molecule has 4 aromatic rings. The van der Waals surface area contributed by atoms with Crippen LogP contribution in [0.1, 0.15) is 10.4 Å². The first kappa shape index (κ1) is 23.5. The highest BCUT2D eigenvalue weighted by Gasteiger charge is 2.17. The summed E-state index contributed by atoms with van der Waals surface area (Å²) in [6.07, 6.45) is 0. The fraction of sp³-hybridized carbons (Fsp3) is 0. The van der Waals surface area contributed by atoms with E-state index in [0.717, 1.165) is 0 Å². The molecule has 4 rings (SSSR count). The maximum atomic E-state index is 12.7. The number of rotatable bonds is 7. The quantitative estimate of drug-likeness (QED) is 0.304. The van der Waals surface area contributed by atoms with Crippen molar-refractivity contribution in [2.45, 2.75) is 4.90 Å². The number of carbonyl (C=O) groups is 2. The molecule has 0 heterocycles. The molecule has 3 N–H and O–H groups in total. The normalized spacial score (nSPS) is 10.7. The van der Waals surface area contributed by atoms with Gasteiger partial charge >= 0.3 is 16.1 Å². The lowest BCUT2D eigenvalue weighted by Gasteiger charge is -2.11. The summed E-state index contributed by atoms with van der Waals surface area (Å²) in [6, 6.07) is 28.7. The first-order valence-corrected chi connectivity index (χ1v) is 11.9. The van der Waals surface area contributed by atoms with E-state index < -0.39 is 16.1 Å². The molecular weight excluding hydrogens is 466 g/mol. The summed E-state index contributed by atoms with van der Waals surface area (Å²) < 4.78 is 30.7. The second-order valence-electron chi connectivity index (χ2n) is 7.35. The first-order valence-electron chi connectivity index (χ1n) is 10.5. The topological polar surface area (TPSA) is 114 Å². The maximum absolute atomic E-state index is 12.7. The van der Waals surface area contributed by atoms with Crippen LogP contribution in [-0.2, 0) is 10.1 Å². The third kappa shape index (κ3) is 6.46. The fourth-order valence-corrected chi connectivity index (χ4v) is 4.04. The minimum atomic E-state index is -4.15. The molecule has 0 saturated heterocycles. The Morgan fingerprint density at radius 2 is 1.17 bits per heavy atom. The molecule has 0 bridgehead atoms. The van der Waals surface area contributed by atoms with Gasteiger partial charge in [0.05, 0.1) is 0 Å². The number of hydrogen-bond donors (Lipinski definition) is 3. The largest absolute Gasteiger partial charge is 0.379 e. The molecule has 0 radical (unpaired) electrons. The van der Waals surface area contributed by atoms with Gasteiger partial charge in [0.2, 0.25) is 0 Å². The van der Waals surface area contributed by atoms with Gasteiger partial charge in [0.1, 0.15) is 10.6 Å². The molecule has 35 heavy (non-hydrogen) atoms. The van der Waals surface area contributed by atoms with Gasteiger partial charge in [0.25, 0.3) is 5.91 Å². The van der Waals surface area contributed by atoms with Crippen molar-refractivity contribution >= 4 is 39.1 Å². The van der Waals surface area contributed by atoms with Crippen LogP contribution in [0.2, 0.25) is 0 Å². The molecule has 0 atom stereocenters. The van der Waals surface area contributed by atoms with Crippen LogP contribution in [0.4, 0.5) is 21.9 Å². The van der Waals surface area contributed by atoms with Crippen LogP contribution in [-0.4, -0.2) is 20.4 Å². The number of urea groups is 1. The number of amides is 3. The maximum Gasteiger partial charge on any atom is 0.339 e. The molecule has 0 spiro atoms. The Morgan fingerprint density at radius 1 is 0.600 bits per heavy atom. The Kier molecular flexibility index (Phi) is 7.08. The predicted molar refractivity (Wildman–Crippen MR) is 134 cm³/mol. The summed E-state index contributed by atoms with van der Waals surface area (Å²) in [5.41, 5.74) is 1.89. The number of para-hydroxylation sites is 1. The molecule has 0 fully saturated rings. The zero-order chi connectivity index (χ0) is 24.7. The van der Waals surface area contributed by atoms with Crippen LogP contribution in [0.25, 0.3) is 0 Å². The van der Waals surface area contributed by atoms with Crippen LogP contribution in [0, 0.1) is 0 Å². The number of nitrogens with one attached hydrogen (secondary N) is 3. The third-order valence-corrected chi connectivity index (χ3v) is 6.03. The minimum absolute atomic E-state index is 0.0315. The third-order valence-electron chi connectivity index (χ3n) is 4.77. The first-order chi connectivity index (χ1) is 16.9. The fourth-order valence-electron chi connectivity index (χ4n) is 3.11. The monoisotopic (exact) mass is 487 g/mol. The smallest absolute Gasteiger partial charge is 0.339 e. The molecule has 4 aromatic carbocycles. The van der Waals surface area contributed by atoms with E-state index in [9.17, 15) is 18.0 Å². The summed E-state index contributed by atoms with van der Waals surface area (Å²) in [7, 11) is -4.15. The van der Waals surface area contributed by atoms with E-state index in [1.807, 2.05) is 12.1 Å². The highest BCUT2D eigenvalue weighted by Crippen LogP contribution is 2.23. The average molecular weight is 488 g/mol. The lowest BCUT2D eigenvalue weighted by molar-refractivity contribution is 0.102. The number of anilines is 3. The van der Waals surface area contributed by atoms with Crippen LogP contribution >= 0.6 is 0 Å². The van der Waals surface area contributed by atoms with Gasteiger partial charge in [0, 0.05) is 28.7 Å². The molecule has 0 aliphatic carbocycles. The molecule has 0 aliphatic rings. The van der Waals surface area contributed by atoms with E-state index in [-0.39, 0.29) is 16.6 Å². The molecule has 0 aliphatic heterocycles. The lowest BCUT2D eigenvalue weighted by Crippen LogP contribution is -2.19. The second-order valence-corrected chi connectivity index (χ2v) is 8.90. The average Bonchev–Trinajstić information content (AvgIpc) is 2.85. The van der Waals surface area contributed by atoms with Crippen LogP contribution in [0.3, 0.4) is 0 Å². The van der Waals surface area contributed by atoms with Gasteiger partial charge in [-0.15, -0.1) is 0 Å². The van der Waals surface area contributed by atoms with Crippen molar-refractivity contribution in [3.05, 3.63) is 115 Å². The van der Waals surface area contributed by atoms with Crippen molar-refractivity contribution in [1.82, 2.24) is 0 Å². The Balaban J connectivity index is 1.39. The SMILES string of the molecule is O=C(Nc1ccccc1)Nc1cccc(OS(=O)(=O)c2ccc(NC(=O)c3ccccc3)cc2)c1. The van der Waals surface area contributed by atoms with Crippen molar-refractivity contribution in [2.24, 2.45) is 0 Å². The van der Waals surface area contributed by atoms with Crippen molar-refractivity contribution in [2.75, 3.05) is 16.0 Å². The Hall–Kier alpha value is -4.63. The summed E-state index contributed by atoms with van der Waals surface area (Å²) >= 11 is 0. The summed E-state index contributed by atoms with van der Waals surface area (Å²) in [5, 5.41) is 8.01. The number of benzene rings is 4. The lowest BCUT2D eigenvalue weighted by atomic mass is 10.2. The molecule has 0 saturated carbocycles. The van der Waals surface area contributed by atoms with E-state index in [4.69, 9.17) is 4.18 Å². The van der Waals surface area contributed by atoms with E-state index >= 15 is 0 Å². The molecule has 0 aromatic heterocycles. The molecule has 0 unspecified atom stereocenters. The highest BCUT2D eigenvalue weighted by atomic mass is 32.2. The molecule has 9 heteroatoms. The van der Waals surface area contributed by atoms with Gasteiger partial charge in [0.15, 0.2) is 0 Å². The van der Waals surface area contributed by atoms with Gasteiger partial charge < -0.3 is 20.1 Å². The standard InChI is InChI=1S/C26H21N3O5S/c30-25(19-8-3-1-4-9-19)27-21-14-16-24(17-15-21)35(32,33)34-23-13-7-12-22(18-23)29-26(31)28-20-10-5-2-6-11-20/h1-18H,(H,27,30)(H2,28,29,31). The van der Waals surface area contributed by atoms with Gasteiger partial charge in [-0.25, -0.2) is 4.79 Å². The van der Waals surface area contributed by atoms with Crippen molar-refractivity contribution < 1.29 is 22.2 Å². The van der Waals surface area contributed by atoms with E-state index in [1.54, 1.807) is 60.7 Å². The van der Waals surface area contributed by atoms with Crippen LogP contribution < -0.4 is 20.1 Å². The summed E-state index contributed by atoms with van der Waals surface area (Å²) in [4.78, 5) is 24.4. The molecule has 8 nitrogen and oxygen atoms in total. The van der Waals surface area contributed by atoms with Gasteiger partial charge in [-0.1, -0.05) is 42.5 Å². The van der Waals surface area contributed by atoms with Crippen molar-refractivity contribution in [3.8, 4) is 5.75 Å². The minimum Gasteiger partial charge on any atom is -0.379 e. The van der Waals surface area contributed by atoms with Gasteiger partial charge in [-0.2, -0.15) is 8.42 Å². The zero-order valence-corrected chi connectivity index (χ0v) is 19.2. The van der Waals surface area contributed by atoms with Crippen molar-refractivity contribution in [1.29, 1.82) is 0 Å². The van der Waals surface area contributed by atoms with E-state index in [2.05, 4.69) is 16.0 Å². The van der Waals surface area contributed by atoms with Gasteiger partial charge in [-0.05, 0) is 60.7 Å². The summed E-state index contributed by atoms with van der Waals surface area (Å²) in [6.45, 7) is 0. The molecule has 176 valence electrons. The Labute approximate surface area is 202 Å². The van der Waals surface area contributed by atoms with Crippen LogP contribution in [0.5, 0.6) is 5.75 Å². The Morgan fingerprint density at radius 3 is 1.86 bits per heavy atom. The zero-order valence-electron chi connectivity index (χ0n) is 18.3. The molecule has 3 amide bonds. The van der Waals surface area contributed by atoms with Crippen LogP contribution in [0.15, 0.2) is 114 Å². The van der Waals surface area contributed by atoms with E-state index in [1.165, 1.54) is 36.4 Å². The van der Waals surface area contributed by atoms with Gasteiger partial charge in [-0.3, -0.25) is 4.79 Å². The predicted octanol–water partition coefficient (Wildman–Crippen LogP) is 5.35. The second kappa shape index (κ2) is 10.5. The number of hydrogen-bond acceptors (Lipinski definition) is 5. The Bertz CT molecular complexity index is 1430. The highest BCUT2D eigenvalue weighted by molar-refractivity contribution is 7.87. The number of carbonyl (C=O) groups excluding carboxylic acids is 2. The van der Waals surface area contributed by atoms with Crippen molar-refractivity contribution in [3.63, 3.8) is 0 Å².